The van der Waals surface area contributed by atoms with Crippen molar-refractivity contribution in [3.63, 3.8) is 0 Å². The van der Waals surface area contributed by atoms with E-state index >= 15 is 0 Å². The van der Waals surface area contributed by atoms with Crippen LogP contribution in [0.4, 0.5) is 16.3 Å². The van der Waals surface area contributed by atoms with E-state index in [1.54, 1.807) is 7.05 Å². The van der Waals surface area contributed by atoms with Crippen molar-refractivity contribution in [2.24, 2.45) is 0 Å². The van der Waals surface area contributed by atoms with Crippen LogP contribution in [0.2, 0.25) is 0 Å². The molecule has 2 bridgehead atoms. The monoisotopic (exact) mass is 519 g/mol. The number of fused-ring (bicyclic) bond motifs is 3. The summed E-state index contributed by atoms with van der Waals surface area (Å²) in [5.74, 6) is 1.15. The summed E-state index contributed by atoms with van der Waals surface area (Å²) in [7, 11) is 1.59. The maximum atomic E-state index is 11.7. The van der Waals surface area contributed by atoms with Crippen LogP contribution in [0.3, 0.4) is 0 Å². The zero-order valence-electron chi connectivity index (χ0n) is 21.6. The zero-order valence-corrected chi connectivity index (χ0v) is 21.6. The molecule has 11 nitrogen and oxygen atoms in total. The number of rotatable bonds is 4. The maximum absolute atomic E-state index is 11.7. The molecule has 1 saturated carbocycles. The molecule has 0 radical (unpaired) electrons. The van der Waals surface area contributed by atoms with E-state index in [1.807, 2.05) is 30.5 Å². The molecule has 38 heavy (non-hydrogen) atoms. The molecule has 2 atom stereocenters. The van der Waals surface area contributed by atoms with Crippen molar-refractivity contribution in [3.8, 4) is 11.4 Å². The molecule has 3 aromatic rings. The predicted octanol–water partition coefficient (Wildman–Crippen LogP) is 3.47. The van der Waals surface area contributed by atoms with Crippen molar-refractivity contribution in [1.82, 2.24) is 25.1 Å². The molecular formula is C27H33N7O4. The number of hydrogen-bond acceptors (Lipinski definition) is 8. The number of morpholine rings is 1. The second-order valence-electron chi connectivity index (χ2n) is 10.7. The highest BCUT2D eigenvalue weighted by Gasteiger charge is 2.41. The number of nitrogens with one attached hydrogen (secondary N) is 2. The Morgan fingerprint density at radius 3 is 2.39 bits per heavy atom. The fourth-order valence-corrected chi connectivity index (χ4v) is 6.30. The lowest BCUT2D eigenvalue weighted by Gasteiger charge is -2.35. The number of benzene rings is 1. The Bertz CT molecular complexity index is 1320. The van der Waals surface area contributed by atoms with Crippen molar-refractivity contribution in [2.75, 3.05) is 43.6 Å². The summed E-state index contributed by atoms with van der Waals surface area (Å²) < 4.78 is 20.1. The molecule has 4 aliphatic rings. The number of hydrogen-bond donors (Lipinski definition) is 2. The van der Waals surface area contributed by atoms with Crippen molar-refractivity contribution in [2.45, 2.75) is 62.6 Å². The average molecular weight is 520 g/mol. The fraction of sp³-hybridized carbons (Fsp3) is 0.556. The van der Waals surface area contributed by atoms with E-state index in [1.165, 1.54) is 0 Å². The number of aromatic nitrogens is 4. The number of carbonyl (C=O) groups excluding carboxylic acids is 1. The first-order chi connectivity index (χ1) is 18.6. The third-order valence-electron chi connectivity index (χ3n) is 8.28. The van der Waals surface area contributed by atoms with E-state index < -0.39 is 5.79 Å². The number of nitrogens with zero attached hydrogens (tertiary/aromatic N) is 5. The molecule has 7 rings (SSSR count). The number of amides is 2. The molecular weight excluding hydrogens is 486 g/mol. The third-order valence-corrected chi connectivity index (χ3v) is 8.28. The molecule has 1 spiro atoms. The summed E-state index contributed by atoms with van der Waals surface area (Å²) in [6.45, 7) is 2.99. The summed E-state index contributed by atoms with van der Waals surface area (Å²) in [4.78, 5) is 24.2. The molecule has 4 fully saturated rings. The maximum Gasteiger partial charge on any atom is 0.318 e. The largest absolute Gasteiger partial charge is 0.371 e. The lowest BCUT2D eigenvalue weighted by atomic mass is 9.90. The van der Waals surface area contributed by atoms with Crippen molar-refractivity contribution < 1.29 is 19.0 Å². The molecule has 1 aromatic carbocycles. The topological polar surface area (TPSA) is 116 Å². The van der Waals surface area contributed by atoms with Crippen LogP contribution in [0.1, 0.15) is 44.6 Å². The Hall–Kier alpha value is -3.28. The van der Waals surface area contributed by atoms with E-state index in [0.717, 1.165) is 74.0 Å². The second-order valence-corrected chi connectivity index (χ2v) is 10.7. The second kappa shape index (κ2) is 9.48. The van der Waals surface area contributed by atoms with Gasteiger partial charge in [0.1, 0.15) is 5.82 Å². The third kappa shape index (κ3) is 4.28. The number of urea groups is 1. The first-order valence-electron chi connectivity index (χ1n) is 13.6. The van der Waals surface area contributed by atoms with Gasteiger partial charge in [-0.3, -0.25) is 0 Å². The smallest absolute Gasteiger partial charge is 0.318 e. The van der Waals surface area contributed by atoms with Crippen molar-refractivity contribution in [3.05, 3.63) is 30.5 Å². The van der Waals surface area contributed by atoms with E-state index in [9.17, 15) is 4.79 Å². The van der Waals surface area contributed by atoms with Gasteiger partial charge < -0.3 is 29.7 Å². The fourth-order valence-electron chi connectivity index (χ4n) is 6.30. The lowest BCUT2D eigenvalue weighted by Crippen LogP contribution is -2.43. The average Bonchev–Trinajstić information content (AvgIpc) is 3.68. The number of anilines is 2. The van der Waals surface area contributed by atoms with Crippen LogP contribution < -0.4 is 15.5 Å². The van der Waals surface area contributed by atoms with Crippen LogP contribution in [0, 0.1) is 0 Å². The highest BCUT2D eigenvalue weighted by Crippen LogP contribution is 2.42. The standard InChI is InChI=1S/C27H33N7O4/c1-28-26(35)30-18-4-2-17(3-5-18)23-31-24(33-15-20-6-7-21(16-33)38-20)22-14-29-34(25(22)32-23)19-8-10-27(11-9-19)36-12-13-37-27/h2-5,14,19-21H,6-13,15-16H2,1H3,(H2,28,30,35)/t20-,21+. The van der Waals surface area contributed by atoms with Gasteiger partial charge >= 0.3 is 6.03 Å². The molecule has 200 valence electrons. The highest BCUT2D eigenvalue weighted by atomic mass is 16.7. The SMILES string of the molecule is CNC(=O)Nc1ccc(-c2nc(N3C[C@H]4CC[C@@H](C3)O4)c3cnn(C4CCC5(CC4)OCCO5)c3n2)cc1. The summed E-state index contributed by atoms with van der Waals surface area (Å²) in [5, 5.41) is 11.2. The molecule has 3 aliphatic heterocycles. The zero-order chi connectivity index (χ0) is 25.7. The van der Waals surface area contributed by atoms with Gasteiger partial charge in [0.2, 0.25) is 0 Å². The summed E-state index contributed by atoms with van der Waals surface area (Å²) >= 11 is 0. The predicted molar refractivity (Wildman–Crippen MR) is 141 cm³/mol. The van der Waals surface area contributed by atoms with Crippen molar-refractivity contribution in [1.29, 1.82) is 0 Å². The summed E-state index contributed by atoms with van der Waals surface area (Å²) in [6, 6.07) is 7.59. The minimum absolute atomic E-state index is 0.224. The van der Waals surface area contributed by atoms with E-state index in [2.05, 4.69) is 20.2 Å². The minimum Gasteiger partial charge on any atom is -0.371 e. The summed E-state index contributed by atoms with van der Waals surface area (Å²) in [6.07, 6.45) is 8.16. The van der Waals surface area contributed by atoms with E-state index in [4.69, 9.17) is 29.3 Å². The minimum atomic E-state index is -0.414. The van der Waals surface area contributed by atoms with Gasteiger partial charge in [0, 0.05) is 44.2 Å². The van der Waals surface area contributed by atoms with Gasteiger partial charge in [-0.2, -0.15) is 5.10 Å². The van der Waals surface area contributed by atoms with Gasteiger partial charge in [-0.25, -0.2) is 19.4 Å². The molecule has 2 amide bonds. The van der Waals surface area contributed by atoms with Gasteiger partial charge in [-0.15, -0.1) is 0 Å². The normalized spacial score (nSPS) is 24.8. The van der Waals surface area contributed by atoms with Gasteiger partial charge in [-0.05, 0) is 49.9 Å². The Morgan fingerprint density at radius 2 is 1.71 bits per heavy atom. The van der Waals surface area contributed by atoms with Gasteiger partial charge in [0.25, 0.3) is 0 Å². The first-order valence-corrected chi connectivity index (χ1v) is 13.6. The first kappa shape index (κ1) is 23.8. The Morgan fingerprint density at radius 1 is 1.00 bits per heavy atom. The van der Waals surface area contributed by atoms with Crippen LogP contribution >= 0.6 is 0 Å². The van der Waals surface area contributed by atoms with Crippen LogP contribution in [0.25, 0.3) is 22.4 Å². The van der Waals surface area contributed by atoms with Gasteiger partial charge in [0.15, 0.2) is 17.3 Å². The lowest BCUT2D eigenvalue weighted by molar-refractivity contribution is -0.181. The summed E-state index contributed by atoms with van der Waals surface area (Å²) in [5.41, 5.74) is 2.44. The number of ether oxygens (including phenoxy) is 3. The molecule has 2 aromatic heterocycles. The molecule has 1 aliphatic carbocycles. The van der Waals surface area contributed by atoms with Gasteiger partial charge in [0.05, 0.1) is 43.0 Å². The van der Waals surface area contributed by atoms with Crippen LogP contribution in [-0.4, -0.2) is 77.1 Å². The Labute approximate surface area is 220 Å². The highest BCUT2D eigenvalue weighted by molar-refractivity contribution is 5.90. The van der Waals surface area contributed by atoms with Gasteiger partial charge in [-0.1, -0.05) is 0 Å². The molecule has 11 heteroatoms. The van der Waals surface area contributed by atoms with Crippen LogP contribution in [0.15, 0.2) is 30.5 Å². The molecule has 3 saturated heterocycles. The van der Waals surface area contributed by atoms with E-state index in [0.29, 0.717) is 24.7 Å². The Kier molecular flexibility index (Phi) is 5.94. The molecule has 5 heterocycles. The van der Waals surface area contributed by atoms with Crippen LogP contribution in [-0.2, 0) is 14.2 Å². The Balaban J connectivity index is 1.25. The molecule has 0 unspecified atom stereocenters. The van der Waals surface area contributed by atoms with Crippen LogP contribution in [0.5, 0.6) is 0 Å². The molecule has 2 N–H and O–H groups in total. The number of carbonyl (C=O) groups is 1. The van der Waals surface area contributed by atoms with E-state index in [-0.39, 0.29) is 24.3 Å². The quantitative estimate of drug-likeness (QED) is 0.539. The van der Waals surface area contributed by atoms with Crippen molar-refractivity contribution >= 4 is 28.6 Å².